The van der Waals surface area contributed by atoms with Crippen LogP contribution in [0.15, 0.2) is 23.8 Å². The first-order valence-electron chi connectivity index (χ1n) is 13.0. The van der Waals surface area contributed by atoms with Crippen molar-refractivity contribution in [3.8, 4) is 0 Å². The molecule has 4 rings (SSSR count). The summed E-state index contributed by atoms with van der Waals surface area (Å²) in [6.07, 6.45) is 5.79. The number of Topliss-reactive ketones (excluding diaryl/α,β-unsaturated/α-hetero) is 1. The summed E-state index contributed by atoms with van der Waals surface area (Å²) >= 11 is 7.04. The van der Waals surface area contributed by atoms with E-state index >= 15 is 0 Å². The maximum atomic E-state index is 13.9. The van der Waals surface area contributed by atoms with Crippen molar-refractivity contribution in [3.63, 3.8) is 0 Å². The zero-order chi connectivity index (χ0) is 26.6. The van der Waals surface area contributed by atoms with Crippen molar-refractivity contribution >= 4 is 35.1 Å². The molecule has 1 unspecified atom stereocenters. The van der Waals surface area contributed by atoms with Crippen LogP contribution >= 0.6 is 11.6 Å². The van der Waals surface area contributed by atoms with Crippen LogP contribution in [0.1, 0.15) is 66.7 Å². The van der Waals surface area contributed by atoms with Gasteiger partial charge in [-0.3, -0.25) is 19.2 Å². The molecule has 0 aromatic carbocycles. The number of aliphatic hydroxyl groups excluding tert-OH is 1. The predicted molar refractivity (Wildman–Crippen MR) is 133 cm³/mol. The van der Waals surface area contributed by atoms with E-state index in [0.717, 1.165) is 5.57 Å². The molecule has 198 valence electrons. The topological polar surface area (TPSA) is 107 Å². The van der Waals surface area contributed by atoms with Crippen LogP contribution in [0.2, 0.25) is 0 Å². The van der Waals surface area contributed by atoms with Gasteiger partial charge in [0.25, 0.3) is 0 Å². The minimum atomic E-state index is -1.54. The molecule has 0 spiro atoms. The Balaban J connectivity index is 1.79. The van der Waals surface area contributed by atoms with Gasteiger partial charge in [-0.05, 0) is 43.3 Å². The molecular weight excluding hydrogens is 484 g/mol. The molecule has 0 amide bonds. The lowest BCUT2D eigenvalue weighted by molar-refractivity contribution is -0.205. The lowest BCUT2D eigenvalue weighted by Crippen LogP contribution is -2.65. The summed E-state index contributed by atoms with van der Waals surface area (Å²) in [5, 5.41) is 11.4. The summed E-state index contributed by atoms with van der Waals surface area (Å²) in [5.41, 5.74) is -2.06. The molecule has 3 saturated carbocycles. The van der Waals surface area contributed by atoms with Crippen molar-refractivity contribution < 1.29 is 33.8 Å². The van der Waals surface area contributed by atoms with Gasteiger partial charge in [0.1, 0.15) is 0 Å². The molecule has 0 bridgehead atoms. The normalized spacial score (nSPS) is 43.1. The van der Waals surface area contributed by atoms with Crippen molar-refractivity contribution in [2.75, 3.05) is 6.61 Å². The standard InChI is InChI=1S/C28H37ClO7/c1-6-22(33)35-14-21(32)28(36-23(34)7-2)15(3)10-18-24-19(29)12-16-11-17(30)8-9-26(16,4)25(24)20(31)13-27(18,28)5/h8-9,11,15,18-20,24-25,31H,6-7,10,12-14H2,1-5H3/t15-,18+,19-,20+,24-,25+,26+,27?,28+/m1/s1. The molecule has 4 aliphatic carbocycles. The van der Waals surface area contributed by atoms with E-state index in [1.165, 1.54) is 0 Å². The van der Waals surface area contributed by atoms with Gasteiger partial charge in [0, 0.05) is 40.9 Å². The molecule has 36 heavy (non-hydrogen) atoms. The first kappa shape index (κ1) is 27.1. The molecule has 0 aliphatic heterocycles. The highest BCUT2D eigenvalue weighted by Gasteiger charge is 2.73. The average molecular weight is 521 g/mol. The van der Waals surface area contributed by atoms with Crippen LogP contribution in [0.5, 0.6) is 0 Å². The number of aliphatic hydroxyl groups is 1. The van der Waals surface area contributed by atoms with Crippen LogP contribution in [0.4, 0.5) is 0 Å². The van der Waals surface area contributed by atoms with E-state index in [1.807, 2.05) is 26.8 Å². The van der Waals surface area contributed by atoms with Gasteiger partial charge >= 0.3 is 11.9 Å². The van der Waals surface area contributed by atoms with Crippen LogP contribution in [0.25, 0.3) is 0 Å². The Morgan fingerprint density at radius 1 is 1.17 bits per heavy atom. The zero-order valence-corrected chi connectivity index (χ0v) is 22.5. The van der Waals surface area contributed by atoms with Crippen LogP contribution in [-0.4, -0.2) is 52.3 Å². The lowest BCUT2D eigenvalue weighted by Gasteiger charge is -2.61. The van der Waals surface area contributed by atoms with E-state index in [2.05, 4.69) is 0 Å². The van der Waals surface area contributed by atoms with Gasteiger partial charge in [0.2, 0.25) is 5.78 Å². The molecule has 9 atom stereocenters. The van der Waals surface area contributed by atoms with Gasteiger partial charge in [-0.1, -0.05) is 46.3 Å². The molecular formula is C28H37ClO7. The van der Waals surface area contributed by atoms with E-state index in [9.17, 15) is 24.3 Å². The fourth-order valence-electron chi connectivity index (χ4n) is 8.04. The minimum Gasteiger partial charge on any atom is -0.457 e. The number of esters is 2. The Morgan fingerprint density at radius 2 is 1.83 bits per heavy atom. The first-order valence-corrected chi connectivity index (χ1v) is 13.5. The molecule has 7 nitrogen and oxygen atoms in total. The third-order valence-corrected chi connectivity index (χ3v) is 10.1. The summed E-state index contributed by atoms with van der Waals surface area (Å²) in [6, 6.07) is 0. The highest BCUT2D eigenvalue weighted by molar-refractivity contribution is 6.21. The largest absolute Gasteiger partial charge is 0.457 e. The molecule has 4 aliphatic rings. The van der Waals surface area contributed by atoms with Gasteiger partial charge in [-0.15, -0.1) is 11.6 Å². The van der Waals surface area contributed by atoms with E-state index in [0.29, 0.717) is 12.8 Å². The van der Waals surface area contributed by atoms with Gasteiger partial charge < -0.3 is 14.6 Å². The number of carbonyl (C=O) groups is 4. The first-order chi connectivity index (χ1) is 16.9. The van der Waals surface area contributed by atoms with Crippen LogP contribution in [-0.2, 0) is 28.7 Å². The van der Waals surface area contributed by atoms with Crippen molar-refractivity contribution in [1.29, 1.82) is 0 Å². The Kier molecular flexibility index (Phi) is 7.06. The number of ketones is 2. The van der Waals surface area contributed by atoms with Crippen LogP contribution in [0, 0.1) is 34.5 Å². The Morgan fingerprint density at radius 3 is 2.47 bits per heavy atom. The maximum absolute atomic E-state index is 13.9. The molecule has 8 heteroatoms. The van der Waals surface area contributed by atoms with E-state index in [-0.39, 0.29) is 54.1 Å². The van der Waals surface area contributed by atoms with Gasteiger partial charge in [0.05, 0.1) is 6.10 Å². The Bertz CT molecular complexity index is 1030. The number of hydrogen-bond acceptors (Lipinski definition) is 7. The quantitative estimate of drug-likeness (QED) is 0.417. The van der Waals surface area contributed by atoms with E-state index in [4.69, 9.17) is 21.1 Å². The monoisotopic (exact) mass is 520 g/mol. The average Bonchev–Trinajstić information content (AvgIpc) is 3.04. The summed E-state index contributed by atoms with van der Waals surface area (Å²) in [5.74, 6) is -2.44. The van der Waals surface area contributed by atoms with E-state index in [1.54, 1.807) is 26.0 Å². The highest BCUT2D eigenvalue weighted by Crippen LogP contribution is 2.69. The molecule has 0 heterocycles. The number of ether oxygens (including phenoxy) is 2. The number of allylic oxidation sites excluding steroid dienone is 4. The maximum Gasteiger partial charge on any atom is 0.306 e. The number of alkyl halides is 1. The summed E-state index contributed by atoms with van der Waals surface area (Å²) in [7, 11) is 0. The van der Waals surface area contributed by atoms with Crippen molar-refractivity contribution in [2.45, 2.75) is 83.8 Å². The SMILES string of the molecule is CCC(=O)OCC(=O)[C@@]1(OC(=O)CC)[C@H](C)C[C@H]2[C@H]3[C@H]([C@@H](O)CC21C)[C@@]1(C)C=CC(=O)C=C1C[C@H]3Cl. The molecule has 0 saturated heterocycles. The Labute approximate surface area is 217 Å². The summed E-state index contributed by atoms with van der Waals surface area (Å²) < 4.78 is 11.3. The van der Waals surface area contributed by atoms with Crippen molar-refractivity contribution in [1.82, 2.24) is 0 Å². The third kappa shape index (κ3) is 3.80. The van der Waals surface area contributed by atoms with Crippen LogP contribution in [0.3, 0.4) is 0 Å². The van der Waals surface area contributed by atoms with Gasteiger partial charge in [0.15, 0.2) is 18.0 Å². The predicted octanol–water partition coefficient (Wildman–Crippen LogP) is 3.94. The highest BCUT2D eigenvalue weighted by atomic mass is 35.5. The molecule has 1 N–H and O–H groups in total. The van der Waals surface area contributed by atoms with Crippen molar-refractivity contribution in [2.24, 2.45) is 34.5 Å². The number of carbonyl (C=O) groups excluding carboxylic acids is 4. The second-order valence-corrected chi connectivity index (χ2v) is 12.0. The van der Waals surface area contributed by atoms with Crippen LogP contribution < -0.4 is 0 Å². The van der Waals surface area contributed by atoms with Crippen molar-refractivity contribution in [3.05, 3.63) is 23.8 Å². The van der Waals surface area contributed by atoms with E-state index < -0.39 is 46.9 Å². The molecule has 0 aromatic heterocycles. The Hall–Kier alpha value is -1.99. The second-order valence-electron chi connectivity index (χ2n) is 11.4. The second kappa shape index (κ2) is 9.39. The number of fused-ring (bicyclic) bond motifs is 5. The fraction of sp³-hybridized carbons (Fsp3) is 0.714. The summed E-state index contributed by atoms with van der Waals surface area (Å²) in [6.45, 7) is 8.69. The fourth-order valence-corrected chi connectivity index (χ4v) is 8.54. The zero-order valence-electron chi connectivity index (χ0n) is 21.7. The third-order valence-electron chi connectivity index (χ3n) is 9.65. The smallest absolute Gasteiger partial charge is 0.306 e. The number of hydrogen-bond donors (Lipinski definition) is 1. The molecule has 0 aromatic rings. The number of rotatable bonds is 6. The van der Waals surface area contributed by atoms with Gasteiger partial charge in [-0.2, -0.15) is 0 Å². The molecule has 0 radical (unpaired) electrons. The lowest BCUT2D eigenvalue weighted by atomic mass is 9.46. The van der Waals surface area contributed by atoms with Gasteiger partial charge in [-0.25, -0.2) is 0 Å². The summed E-state index contributed by atoms with van der Waals surface area (Å²) in [4.78, 5) is 50.5. The molecule has 3 fully saturated rings. The minimum absolute atomic E-state index is 0.0767. The number of halogens is 1.